The fraction of sp³-hybridized carbons (Fsp3) is 0.357. The zero-order valence-corrected chi connectivity index (χ0v) is 12.3. The Hall–Kier alpha value is -1.23. The molecule has 6 heteroatoms. The predicted octanol–water partition coefficient (Wildman–Crippen LogP) is 3.17. The van der Waals surface area contributed by atoms with Gasteiger partial charge in [-0.2, -0.15) is 0 Å². The van der Waals surface area contributed by atoms with Crippen molar-refractivity contribution < 1.29 is 0 Å². The number of hydrogen-bond donors (Lipinski definition) is 2. The summed E-state index contributed by atoms with van der Waals surface area (Å²) < 4.78 is 0. The Morgan fingerprint density at radius 2 is 1.75 bits per heavy atom. The molecule has 1 aromatic carbocycles. The monoisotopic (exact) mass is 311 g/mol. The summed E-state index contributed by atoms with van der Waals surface area (Å²) in [5, 5.41) is 6.76. The van der Waals surface area contributed by atoms with Gasteiger partial charge in [-0.1, -0.05) is 23.2 Å². The molecule has 1 heterocycles. The van der Waals surface area contributed by atoms with Crippen molar-refractivity contribution in [2.24, 2.45) is 0 Å². The van der Waals surface area contributed by atoms with Crippen molar-refractivity contribution in [3.8, 4) is 0 Å². The zero-order chi connectivity index (χ0) is 14.1. The van der Waals surface area contributed by atoms with Crippen molar-refractivity contribution >= 4 is 23.2 Å². The SMILES string of the molecule is O=c1cc(CN(Cc2cc(Cl)cc(Cl)c2)C2CC2)[nH][nH]1. The standard InChI is InChI=1S/C14H15Cl2N3O/c15-10-3-9(4-11(16)5-10)7-19(13-1-2-13)8-12-6-14(20)18-17-12/h3-6,13H,1-2,7-8H2,(H2,17,18,20). The normalized spacial score (nSPS) is 14.9. The molecule has 1 aromatic heterocycles. The van der Waals surface area contributed by atoms with E-state index in [9.17, 15) is 4.79 Å². The van der Waals surface area contributed by atoms with Crippen LogP contribution in [0.25, 0.3) is 0 Å². The minimum Gasteiger partial charge on any atom is -0.301 e. The third-order valence-electron chi connectivity index (χ3n) is 3.40. The lowest BCUT2D eigenvalue weighted by Gasteiger charge is -2.21. The van der Waals surface area contributed by atoms with Crippen LogP contribution in [0.1, 0.15) is 24.1 Å². The summed E-state index contributed by atoms with van der Waals surface area (Å²) in [5.41, 5.74) is 1.89. The highest BCUT2D eigenvalue weighted by molar-refractivity contribution is 6.34. The molecule has 2 N–H and O–H groups in total. The van der Waals surface area contributed by atoms with Crippen LogP contribution in [0, 0.1) is 0 Å². The average Bonchev–Trinajstić information content (AvgIpc) is 3.12. The highest BCUT2D eigenvalue weighted by atomic mass is 35.5. The van der Waals surface area contributed by atoms with E-state index in [0.29, 0.717) is 22.6 Å². The summed E-state index contributed by atoms with van der Waals surface area (Å²) in [7, 11) is 0. The maximum Gasteiger partial charge on any atom is 0.264 e. The lowest BCUT2D eigenvalue weighted by molar-refractivity contribution is 0.242. The smallest absolute Gasteiger partial charge is 0.264 e. The van der Waals surface area contributed by atoms with Gasteiger partial charge in [0.25, 0.3) is 5.56 Å². The molecule has 0 unspecified atom stereocenters. The van der Waals surface area contributed by atoms with Gasteiger partial charge in [0.2, 0.25) is 0 Å². The molecular formula is C14H15Cl2N3O. The Labute approximate surface area is 126 Å². The largest absolute Gasteiger partial charge is 0.301 e. The van der Waals surface area contributed by atoms with Gasteiger partial charge in [0, 0.05) is 35.2 Å². The van der Waals surface area contributed by atoms with E-state index in [4.69, 9.17) is 23.2 Å². The average molecular weight is 312 g/mol. The highest BCUT2D eigenvalue weighted by Crippen LogP contribution is 2.30. The van der Waals surface area contributed by atoms with E-state index in [-0.39, 0.29) is 5.56 Å². The van der Waals surface area contributed by atoms with Gasteiger partial charge < -0.3 is 5.10 Å². The fourth-order valence-electron chi connectivity index (χ4n) is 2.37. The number of nitrogens with one attached hydrogen (secondary N) is 2. The predicted molar refractivity (Wildman–Crippen MR) is 80.1 cm³/mol. The Morgan fingerprint density at radius 3 is 2.30 bits per heavy atom. The molecule has 1 saturated carbocycles. The van der Waals surface area contributed by atoms with Gasteiger partial charge in [-0.25, -0.2) is 0 Å². The van der Waals surface area contributed by atoms with Gasteiger partial charge in [-0.05, 0) is 36.6 Å². The molecule has 20 heavy (non-hydrogen) atoms. The van der Waals surface area contributed by atoms with E-state index in [1.54, 1.807) is 12.1 Å². The molecular weight excluding hydrogens is 297 g/mol. The second kappa shape index (κ2) is 5.64. The van der Waals surface area contributed by atoms with Gasteiger partial charge in [0.1, 0.15) is 0 Å². The Bertz CT molecular complexity index is 640. The van der Waals surface area contributed by atoms with Crippen LogP contribution in [0.2, 0.25) is 10.0 Å². The molecule has 4 nitrogen and oxygen atoms in total. The second-order valence-corrected chi connectivity index (χ2v) is 6.07. The van der Waals surface area contributed by atoms with E-state index in [1.165, 1.54) is 12.8 Å². The number of benzene rings is 1. The summed E-state index contributed by atoms with van der Waals surface area (Å²) >= 11 is 12.1. The minimum absolute atomic E-state index is 0.0958. The van der Waals surface area contributed by atoms with Crippen LogP contribution in [-0.2, 0) is 13.1 Å². The van der Waals surface area contributed by atoms with Gasteiger partial charge in [0.05, 0.1) is 5.69 Å². The lowest BCUT2D eigenvalue weighted by atomic mass is 10.2. The molecule has 0 saturated heterocycles. The Morgan fingerprint density at radius 1 is 1.05 bits per heavy atom. The number of halogens is 2. The number of aromatic amines is 2. The summed E-state index contributed by atoms with van der Waals surface area (Å²) in [5.74, 6) is 0. The molecule has 1 aliphatic rings. The first-order valence-corrected chi connectivity index (χ1v) is 7.31. The van der Waals surface area contributed by atoms with Crippen molar-refractivity contribution in [3.63, 3.8) is 0 Å². The third kappa shape index (κ3) is 3.45. The molecule has 106 valence electrons. The van der Waals surface area contributed by atoms with Crippen LogP contribution >= 0.6 is 23.2 Å². The van der Waals surface area contributed by atoms with Crippen molar-refractivity contribution in [2.75, 3.05) is 0 Å². The summed E-state index contributed by atoms with van der Waals surface area (Å²) in [6.45, 7) is 1.49. The molecule has 0 spiro atoms. The first-order valence-electron chi connectivity index (χ1n) is 6.56. The molecule has 0 amide bonds. The van der Waals surface area contributed by atoms with Gasteiger partial charge in [-0.3, -0.25) is 14.8 Å². The zero-order valence-electron chi connectivity index (χ0n) is 10.8. The van der Waals surface area contributed by atoms with Crippen molar-refractivity contribution in [1.82, 2.24) is 15.1 Å². The van der Waals surface area contributed by atoms with Crippen LogP contribution in [0.3, 0.4) is 0 Å². The summed E-state index contributed by atoms with van der Waals surface area (Å²) in [6.07, 6.45) is 2.39. The first kappa shape index (κ1) is 13.7. The van der Waals surface area contributed by atoms with E-state index in [0.717, 1.165) is 17.8 Å². The van der Waals surface area contributed by atoms with E-state index < -0.39 is 0 Å². The molecule has 0 atom stereocenters. The number of H-pyrrole nitrogens is 2. The van der Waals surface area contributed by atoms with Crippen LogP contribution < -0.4 is 5.56 Å². The lowest BCUT2D eigenvalue weighted by Crippen LogP contribution is -2.25. The molecule has 3 rings (SSSR count). The quantitative estimate of drug-likeness (QED) is 0.891. The van der Waals surface area contributed by atoms with E-state index in [1.807, 2.05) is 12.1 Å². The van der Waals surface area contributed by atoms with E-state index >= 15 is 0 Å². The van der Waals surface area contributed by atoms with Gasteiger partial charge in [-0.15, -0.1) is 0 Å². The minimum atomic E-state index is -0.0958. The number of aromatic nitrogens is 2. The third-order valence-corrected chi connectivity index (χ3v) is 3.83. The highest BCUT2D eigenvalue weighted by Gasteiger charge is 2.29. The van der Waals surface area contributed by atoms with Crippen molar-refractivity contribution in [1.29, 1.82) is 0 Å². The Balaban J connectivity index is 1.75. The maximum atomic E-state index is 11.2. The van der Waals surface area contributed by atoms with E-state index in [2.05, 4.69) is 15.1 Å². The fourth-order valence-corrected chi connectivity index (χ4v) is 2.94. The van der Waals surface area contributed by atoms with Crippen molar-refractivity contribution in [3.05, 3.63) is 55.9 Å². The van der Waals surface area contributed by atoms with Crippen LogP contribution in [0.15, 0.2) is 29.1 Å². The molecule has 2 aromatic rings. The Kier molecular flexibility index (Phi) is 3.87. The van der Waals surface area contributed by atoms with Crippen molar-refractivity contribution in [2.45, 2.75) is 32.0 Å². The van der Waals surface area contributed by atoms with Gasteiger partial charge >= 0.3 is 0 Å². The topological polar surface area (TPSA) is 51.9 Å². The second-order valence-electron chi connectivity index (χ2n) is 5.20. The van der Waals surface area contributed by atoms with Crippen LogP contribution in [-0.4, -0.2) is 21.1 Å². The molecule has 0 aliphatic heterocycles. The first-order chi connectivity index (χ1) is 9.60. The maximum absolute atomic E-state index is 11.2. The number of nitrogens with zero attached hydrogens (tertiary/aromatic N) is 1. The molecule has 0 radical (unpaired) electrons. The number of rotatable bonds is 5. The molecule has 1 fully saturated rings. The number of hydrogen-bond acceptors (Lipinski definition) is 2. The van der Waals surface area contributed by atoms with Crippen LogP contribution in [0.4, 0.5) is 0 Å². The molecule has 0 bridgehead atoms. The van der Waals surface area contributed by atoms with Crippen LogP contribution in [0.5, 0.6) is 0 Å². The summed E-state index contributed by atoms with van der Waals surface area (Å²) in [4.78, 5) is 13.5. The summed E-state index contributed by atoms with van der Waals surface area (Å²) in [6, 6.07) is 7.77. The van der Waals surface area contributed by atoms with Gasteiger partial charge in [0.15, 0.2) is 0 Å². The molecule has 1 aliphatic carbocycles.